The summed E-state index contributed by atoms with van der Waals surface area (Å²) in [6.45, 7) is 7.20. The van der Waals surface area contributed by atoms with Gasteiger partial charge in [-0.2, -0.15) is 0 Å². The summed E-state index contributed by atoms with van der Waals surface area (Å²) in [4.78, 5) is 24.9. The number of carbonyl (C=O) groups excluding carboxylic acids is 1. The van der Waals surface area contributed by atoms with Crippen LogP contribution in [0, 0.1) is 19.8 Å². The molecule has 0 unspecified atom stereocenters. The van der Waals surface area contributed by atoms with E-state index >= 15 is 0 Å². The van der Waals surface area contributed by atoms with E-state index in [9.17, 15) is 4.79 Å². The number of rotatable bonds is 7. The van der Waals surface area contributed by atoms with Crippen molar-refractivity contribution >= 4 is 23.1 Å². The molecule has 146 valence electrons. The second kappa shape index (κ2) is 9.28. The highest BCUT2D eigenvalue weighted by atomic mass is 32.1. The lowest BCUT2D eigenvalue weighted by molar-refractivity contribution is 0.0570. The number of likely N-dealkylation sites (tertiary alicyclic amines) is 1. The number of hydrogen-bond acceptors (Lipinski definition) is 6. The van der Waals surface area contributed by atoms with E-state index in [4.69, 9.17) is 4.74 Å². The van der Waals surface area contributed by atoms with E-state index in [1.807, 2.05) is 24.0 Å². The molecule has 6 nitrogen and oxygen atoms in total. The fourth-order valence-corrected chi connectivity index (χ4v) is 4.31. The Morgan fingerprint density at radius 3 is 2.93 bits per heavy atom. The Kier molecular flexibility index (Phi) is 6.79. The molecule has 1 saturated heterocycles. The number of aryl methyl sites for hydroxylation is 2. The number of anilines is 1. The summed E-state index contributed by atoms with van der Waals surface area (Å²) in [5.74, 6) is 1.27. The highest BCUT2D eigenvalue weighted by Gasteiger charge is 2.24. The molecule has 0 bridgehead atoms. The molecule has 1 N–H and O–H groups in total. The fourth-order valence-electron chi connectivity index (χ4n) is 3.37. The zero-order valence-electron chi connectivity index (χ0n) is 16.3. The first-order chi connectivity index (χ1) is 13.1. The zero-order valence-corrected chi connectivity index (χ0v) is 17.1. The summed E-state index contributed by atoms with van der Waals surface area (Å²) in [6.07, 6.45) is 4.69. The van der Waals surface area contributed by atoms with Gasteiger partial charge >= 0.3 is 0 Å². The third-order valence-corrected chi connectivity index (χ3v) is 6.07. The molecule has 1 fully saturated rings. The van der Waals surface area contributed by atoms with E-state index in [0.29, 0.717) is 18.1 Å². The van der Waals surface area contributed by atoms with Crippen molar-refractivity contribution in [1.82, 2.24) is 14.9 Å². The number of thiazole rings is 1. The van der Waals surface area contributed by atoms with Gasteiger partial charge in [-0.3, -0.25) is 4.79 Å². The summed E-state index contributed by atoms with van der Waals surface area (Å²) >= 11 is 1.74. The predicted molar refractivity (Wildman–Crippen MR) is 109 cm³/mol. The van der Waals surface area contributed by atoms with Crippen LogP contribution in [0.2, 0.25) is 0 Å². The number of hydrogen-bond donors (Lipinski definition) is 1. The van der Waals surface area contributed by atoms with Crippen LogP contribution in [-0.2, 0) is 11.2 Å². The van der Waals surface area contributed by atoms with Crippen LogP contribution in [0.1, 0.15) is 38.8 Å². The molecule has 7 heteroatoms. The second-order valence-electron chi connectivity index (χ2n) is 7.07. The third-order valence-electron chi connectivity index (χ3n) is 4.94. The van der Waals surface area contributed by atoms with Crippen molar-refractivity contribution in [2.45, 2.75) is 33.1 Å². The van der Waals surface area contributed by atoms with Crippen molar-refractivity contribution in [1.29, 1.82) is 0 Å². The van der Waals surface area contributed by atoms with Gasteiger partial charge in [0.15, 0.2) is 0 Å². The van der Waals surface area contributed by atoms with Crippen LogP contribution in [0.3, 0.4) is 0 Å². The fraction of sp³-hybridized carbons (Fsp3) is 0.550. The molecule has 3 heterocycles. The number of pyridine rings is 1. The average Bonchev–Trinajstić information content (AvgIpc) is 3.00. The zero-order chi connectivity index (χ0) is 19.2. The Morgan fingerprint density at radius 1 is 1.41 bits per heavy atom. The van der Waals surface area contributed by atoms with E-state index in [-0.39, 0.29) is 5.91 Å². The van der Waals surface area contributed by atoms with E-state index < -0.39 is 0 Å². The lowest BCUT2D eigenvalue weighted by Gasteiger charge is -2.32. The molecular weight excluding hydrogens is 360 g/mol. The third kappa shape index (κ3) is 5.26. The Morgan fingerprint density at radius 2 is 2.26 bits per heavy atom. The van der Waals surface area contributed by atoms with Crippen LogP contribution in [0.25, 0.3) is 0 Å². The molecule has 0 spiro atoms. The molecule has 0 radical (unpaired) electrons. The molecule has 2 aromatic heterocycles. The molecular formula is C20H28N4O2S. The molecule has 1 amide bonds. The SMILES string of the molecule is COC[C@H]1CCCN(C(=O)c2ccc(NCCc3nc(C)c(C)s3)nc2)C1. The molecule has 0 saturated carbocycles. The minimum absolute atomic E-state index is 0.0589. The predicted octanol–water partition coefficient (Wildman–Crippen LogP) is 3.31. The van der Waals surface area contributed by atoms with E-state index in [0.717, 1.165) is 55.4 Å². The van der Waals surface area contributed by atoms with Gasteiger partial charge in [-0.1, -0.05) is 0 Å². The maximum absolute atomic E-state index is 12.7. The highest BCUT2D eigenvalue weighted by Crippen LogP contribution is 2.19. The van der Waals surface area contributed by atoms with Crippen LogP contribution in [0.5, 0.6) is 0 Å². The topological polar surface area (TPSA) is 67.3 Å². The number of nitrogens with zero attached hydrogens (tertiary/aromatic N) is 3. The van der Waals surface area contributed by atoms with Crippen LogP contribution in [0.4, 0.5) is 5.82 Å². The highest BCUT2D eigenvalue weighted by molar-refractivity contribution is 7.11. The van der Waals surface area contributed by atoms with E-state index in [1.165, 1.54) is 4.88 Å². The molecule has 1 atom stereocenters. The van der Waals surface area contributed by atoms with E-state index in [2.05, 4.69) is 22.2 Å². The standard InChI is InChI=1S/C20H28N4O2S/c1-14-15(2)27-19(23-14)8-9-21-18-7-6-17(11-22-18)20(25)24-10-4-5-16(12-24)13-26-3/h6-7,11,16H,4-5,8-10,12-13H2,1-3H3,(H,21,22)/t16-/m0/s1. The Labute approximate surface area is 165 Å². The Hall–Kier alpha value is -1.99. The first-order valence-corrected chi connectivity index (χ1v) is 10.3. The van der Waals surface area contributed by atoms with Gasteiger partial charge in [0.1, 0.15) is 5.82 Å². The molecule has 1 aliphatic rings. The Balaban J connectivity index is 1.51. The number of ether oxygens (including phenoxy) is 1. The van der Waals surface area contributed by atoms with Crippen molar-refractivity contribution in [2.75, 3.05) is 38.7 Å². The maximum atomic E-state index is 12.7. The quantitative estimate of drug-likeness (QED) is 0.788. The maximum Gasteiger partial charge on any atom is 0.255 e. The summed E-state index contributed by atoms with van der Waals surface area (Å²) in [6, 6.07) is 3.73. The van der Waals surface area contributed by atoms with Gasteiger partial charge in [0.2, 0.25) is 0 Å². The van der Waals surface area contributed by atoms with Crippen molar-refractivity contribution < 1.29 is 9.53 Å². The molecule has 1 aliphatic heterocycles. The van der Waals surface area contributed by atoms with Gasteiger partial charge in [0.05, 0.1) is 22.9 Å². The number of amides is 1. The summed E-state index contributed by atoms with van der Waals surface area (Å²) in [7, 11) is 1.72. The Bertz CT molecular complexity index is 738. The minimum atomic E-state index is 0.0589. The summed E-state index contributed by atoms with van der Waals surface area (Å²) < 4.78 is 5.25. The lowest BCUT2D eigenvalue weighted by atomic mass is 9.98. The van der Waals surface area contributed by atoms with Crippen molar-refractivity contribution in [3.05, 3.63) is 39.5 Å². The van der Waals surface area contributed by atoms with Crippen LogP contribution >= 0.6 is 11.3 Å². The number of nitrogens with one attached hydrogen (secondary N) is 1. The number of carbonyl (C=O) groups is 1. The molecule has 27 heavy (non-hydrogen) atoms. The van der Waals surface area contributed by atoms with Crippen molar-refractivity contribution in [3.63, 3.8) is 0 Å². The van der Waals surface area contributed by atoms with Crippen LogP contribution < -0.4 is 5.32 Å². The van der Waals surface area contributed by atoms with Gasteiger partial charge in [0, 0.05) is 44.2 Å². The number of aromatic nitrogens is 2. The molecule has 3 rings (SSSR count). The minimum Gasteiger partial charge on any atom is -0.384 e. The smallest absolute Gasteiger partial charge is 0.255 e. The first-order valence-electron chi connectivity index (χ1n) is 9.48. The number of piperidine rings is 1. The monoisotopic (exact) mass is 388 g/mol. The summed E-state index contributed by atoms with van der Waals surface area (Å²) in [5.41, 5.74) is 1.76. The second-order valence-corrected chi connectivity index (χ2v) is 8.36. The lowest BCUT2D eigenvalue weighted by Crippen LogP contribution is -2.41. The first kappa shape index (κ1) is 19.8. The average molecular weight is 389 g/mol. The van der Waals surface area contributed by atoms with Gasteiger partial charge in [-0.25, -0.2) is 9.97 Å². The van der Waals surface area contributed by atoms with Gasteiger partial charge < -0.3 is 15.0 Å². The molecule has 0 aliphatic carbocycles. The number of methoxy groups -OCH3 is 1. The summed E-state index contributed by atoms with van der Waals surface area (Å²) in [5, 5.41) is 4.44. The van der Waals surface area contributed by atoms with Gasteiger partial charge in [-0.15, -0.1) is 11.3 Å². The largest absolute Gasteiger partial charge is 0.384 e. The van der Waals surface area contributed by atoms with Gasteiger partial charge in [0.25, 0.3) is 5.91 Å². The van der Waals surface area contributed by atoms with Crippen LogP contribution in [-0.4, -0.2) is 54.1 Å². The molecule has 2 aromatic rings. The normalized spacial score (nSPS) is 17.1. The van der Waals surface area contributed by atoms with Crippen molar-refractivity contribution in [2.24, 2.45) is 5.92 Å². The van der Waals surface area contributed by atoms with E-state index in [1.54, 1.807) is 24.6 Å². The van der Waals surface area contributed by atoms with Gasteiger partial charge in [-0.05, 0) is 44.7 Å². The molecule has 0 aromatic carbocycles. The van der Waals surface area contributed by atoms with Crippen molar-refractivity contribution in [3.8, 4) is 0 Å². The van der Waals surface area contributed by atoms with Crippen LogP contribution in [0.15, 0.2) is 18.3 Å².